The van der Waals surface area contributed by atoms with E-state index in [-0.39, 0.29) is 17.0 Å². The predicted molar refractivity (Wildman–Crippen MR) is 122 cm³/mol. The molecule has 4 bridgehead atoms. The van der Waals surface area contributed by atoms with Crippen molar-refractivity contribution in [2.24, 2.45) is 11.8 Å². The zero-order valence-corrected chi connectivity index (χ0v) is 18.1. The molecule has 0 aliphatic heterocycles. The number of fused-ring (bicyclic) bond motifs is 1. The van der Waals surface area contributed by atoms with E-state index in [0.29, 0.717) is 5.13 Å². The number of benzene rings is 2. The molecule has 30 heavy (non-hydrogen) atoms. The highest BCUT2D eigenvalue weighted by atomic mass is 32.1. The van der Waals surface area contributed by atoms with Crippen LogP contribution in [0.3, 0.4) is 0 Å². The molecule has 4 nitrogen and oxygen atoms in total. The van der Waals surface area contributed by atoms with Crippen LogP contribution in [-0.2, 0) is 5.41 Å². The number of nitrogens with zero attached hydrogens (tertiary/aromatic N) is 1. The molecule has 2 aromatic carbocycles. The second-order valence-electron chi connectivity index (χ2n) is 9.95. The van der Waals surface area contributed by atoms with Crippen LogP contribution in [0, 0.1) is 18.8 Å². The predicted octanol–water partition coefficient (Wildman–Crippen LogP) is 6.02. The van der Waals surface area contributed by atoms with Crippen LogP contribution in [0.15, 0.2) is 48.5 Å². The average Bonchev–Trinajstić information content (AvgIpc) is 3.08. The van der Waals surface area contributed by atoms with Crippen LogP contribution in [0.2, 0.25) is 0 Å². The smallest absolute Gasteiger partial charge is 0.321 e. The van der Waals surface area contributed by atoms with E-state index in [0.717, 1.165) is 41.3 Å². The first-order valence-corrected chi connectivity index (χ1v) is 11.8. The summed E-state index contributed by atoms with van der Waals surface area (Å²) in [5, 5.41) is 7.14. The summed E-state index contributed by atoms with van der Waals surface area (Å²) in [4.78, 5) is 17.6. The molecule has 0 saturated heterocycles. The van der Waals surface area contributed by atoms with E-state index in [4.69, 9.17) is 0 Å². The van der Waals surface area contributed by atoms with Crippen molar-refractivity contribution in [2.75, 3.05) is 5.32 Å². The summed E-state index contributed by atoms with van der Waals surface area (Å²) in [6.07, 6.45) is 7.17. The lowest BCUT2D eigenvalue weighted by Gasteiger charge is -2.62. The molecular formula is C25H27N3OS. The van der Waals surface area contributed by atoms with Crippen molar-refractivity contribution in [1.82, 2.24) is 10.3 Å². The molecule has 2 N–H and O–H groups in total. The normalized spacial score (nSPS) is 31.8. The Morgan fingerprint density at radius 1 is 1.03 bits per heavy atom. The monoisotopic (exact) mass is 417 g/mol. The molecule has 4 aliphatic carbocycles. The summed E-state index contributed by atoms with van der Waals surface area (Å²) in [6, 6.07) is 17.1. The topological polar surface area (TPSA) is 54.0 Å². The van der Waals surface area contributed by atoms with Crippen molar-refractivity contribution in [1.29, 1.82) is 0 Å². The minimum Gasteiger partial charge on any atom is -0.332 e. The summed E-state index contributed by atoms with van der Waals surface area (Å²) < 4.78 is 1.10. The molecule has 4 fully saturated rings. The van der Waals surface area contributed by atoms with Crippen molar-refractivity contribution in [3.05, 3.63) is 59.7 Å². The Labute approximate surface area is 181 Å². The molecule has 0 spiro atoms. The van der Waals surface area contributed by atoms with Crippen LogP contribution < -0.4 is 10.6 Å². The zero-order chi connectivity index (χ0) is 20.3. The van der Waals surface area contributed by atoms with Gasteiger partial charge in [0.1, 0.15) is 0 Å². The number of anilines is 1. The van der Waals surface area contributed by atoms with Gasteiger partial charge in [0.15, 0.2) is 5.13 Å². The second-order valence-corrected chi connectivity index (χ2v) is 11.0. The van der Waals surface area contributed by atoms with Crippen molar-refractivity contribution in [3.63, 3.8) is 0 Å². The highest BCUT2D eigenvalue weighted by Crippen LogP contribution is 2.62. The van der Waals surface area contributed by atoms with Gasteiger partial charge < -0.3 is 5.32 Å². The third kappa shape index (κ3) is 3.02. The molecule has 4 aliphatic rings. The lowest BCUT2D eigenvalue weighted by Crippen LogP contribution is -2.64. The maximum absolute atomic E-state index is 13.0. The van der Waals surface area contributed by atoms with Gasteiger partial charge in [-0.1, -0.05) is 53.3 Å². The summed E-state index contributed by atoms with van der Waals surface area (Å²) in [5.41, 5.74) is 3.86. The van der Waals surface area contributed by atoms with Gasteiger partial charge in [-0.25, -0.2) is 9.78 Å². The van der Waals surface area contributed by atoms with Crippen molar-refractivity contribution < 1.29 is 4.79 Å². The number of amides is 2. The van der Waals surface area contributed by atoms with Crippen LogP contribution in [-0.4, -0.2) is 16.6 Å². The van der Waals surface area contributed by atoms with Crippen LogP contribution >= 0.6 is 11.3 Å². The summed E-state index contributed by atoms with van der Waals surface area (Å²) in [5.74, 6) is 1.44. The SMILES string of the molecule is Cc1ccc(C23CC4CC(CC(NC(=O)Nc5nc6ccccc6s5)(C4)C2)C3)cc1. The first-order valence-electron chi connectivity index (χ1n) is 11.0. The lowest BCUT2D eigenvalue weighted by molar-refractivity contribution is -0.0343. The number of nitrogens with one attached hydrogen (secondary N) is 2. The standard InChI is InChI=1S/C25H27N3OS/c1-16-6-8-19(9-7-16)24-11-17-10-18(12-24)14-25(13-17,15-24)28-22(29)27-23-26-20-4-2-3-5-21(20)30-23/h2-9,17-18H,10-15H2,1H3,(H2,26,27,28,29). The molecule has 7 rings (SSSR count). The second kappa shape index (κ2) is 6.55. The lowest BCUT2D eigenvalue weighted by atomic mass is 9.45. The molecule has 154 valence electrons. The van der Waals surface area contributed by atoms with Crippen LogP contribution in [0.5, 0.6) is 0 Å². The molecule has 1 heterocycles. The van der Waals surface area contributed by atoms with Gasteiger partial charge in [0.05, 0.1) is 10.2 Å². The number of urea groups is 1. The maximum atomic E-state index is 13.0. The highest BCUT2D eigenvalue weighted by Gasteiger charge is 2.58. The molecule has 1 aromatic heterocycles. The van der Waals surface area contributed by atoms with Crippen molar-refractivity contribution in [2.45, 2.75) is 56.4 Å². The minimum absolute atomic E-state index is 0.0876. The van der Waals surface area contributed by atoms with Crippen molar-refractivity contribution >= 4 is 32.7 Å². The maximum Gasteiger partial charge on any atom is 0.321 e. The van der Waals surface area contributed by atoms with E-state index >= 15 is 0 Å². The van der Waals surface area contributed by atoms with E-state index in [1.807, 2.05) is 24.3 Å². The molecule has 2 unspecified atom stereocenters. The van der Waals surface area contributed by atoms with Gasteiger partial charge in [-0.2, -0.15) is 0 Å². The molecule has 5 heteroatoms. The van der Waals surface area contributed by atoms with Crippen LogP contribution in [0.25, 0.3) is 10.2 Å². The van der Waals surface area contributed by atoms with E-state index in [2.05, 4.69) is 46.8 Å². The van der Waals surface area contributed by atoms with Gasteiger partial charge >= 0.3 is 6.03 Å². The quantitative estimate of drug-likeness (QED) is 0.548. The Morgan fingerprint density at radius 2 is 1.77 bits per heavy atom. The fraction of sp³-hybridized carbons (Fsp3) is 0.440. The van der Waals surface area contributed by atoms with Gasteiger partial charge in [-0.15, -0.1) is 0 Å². The molecule has 2 atom stereocenters. The molecule has 3 aromatic rings. The first-order chi connectivity index (χ1) is 14.5. The number of para-hydroxylation sites is 1. The average molecular weight is 418 g/mol. The number of hydrogen-bond donors (Lipinski definition) is 2. The highest BCUT2D eigenvalue weighted by molar-refractivity contribution is 7.22. The Balaban J connectivity index is 1.25. The number of hydrogen-bond acceptors (Lipinski definition) is 3. The summed E-state index contributed by atoms with van der Waals surface area (Å²) in [6.45, 7) is 2.15. The largest absolute Gasteiger partial charge is 0.332 e. The first kappa shape index (κ1) is 18.4. The van der Waals surface area contributed by atoms with Gasteiger partial charge in [-0.05, 0) is 80.4 Å². The molecule has 2 amide bonds. The third-order valence-corrected chi connectivity index (χ3v) is 8.57. The van der Waals surface area contributed by atoms with Crippen LogP contribution in [0.4, 0.5) is 9.93 Å². The van der Waals surface area contributed by atoms with Crippen LogP contribution in [0.1, 0.15) is 49.7 Å². The van der Waals surface area contributed by atoms with Crippen molar-refractivity contribution in [3.8, 4) is 0 Å². The van der Waals surface area contributed by atoms with Gasteiger partial charge in [0.25, 0.3) is 0 Å². The summed E-state index contributed by atoms with van der Waals surface area (Å²) >= 11 is 1.53. The zero-order valence-electron chi connectivity index (χ0n) is 17.3. The minimum atomic E-state index is -0.102. The third-order valence-electron chi connectivity index (χ3n) is 7.62. The Morgan fingerprint density at radius 3 is 2.50 bits per heavy atom. The van der Waals surface area contributed by atoms with E-state index in [9.17, 15) is 4.79 Å². The number of carbonyl (C=O) groups is 1. The molecule has 4 saturated carbocycles. The molecular weight excluding hydrogens is 390 g/mol. The number of rotatable bonds is 3. The van der Waals surface area contributed by atoms with Gasteiger partial charge in [0, 0.05) is 5.54 Å². The molecule has 0 radical (unpaired) electrons. The van der Waals surface area contributed by atoms with E-state index < -0.39 is 0 Å². The Bertz CT molecular complexity index is 1070. The summed E-state index contributed by atoms with van der Waals surface area (Å²) in [7, 11) is 0. The fourth-order valence-corrected chi connectivity index (χ4v) is 7.81. The van der Waals surface area contributed by atoms with E-state index in [1.165, 1.54) is 41.7 Å². The number of carbonyl (C=O) groups excluding carboxylic acids is 1. The van der Waals surface area contributed by atoms with Gasteiger partial charge in [0.2, 0.25) is 0 Å². The number of aromatic nitrogens is 1. The Hall–Kier alpha value is -2.40. The number of thiazole rings is 1. The number of aryl methyl sites for hydroxylation is 1. The fourth-order valence-electron chi connectivity index (χ4n) is 6.95. The van der Waals surface area contributed by atoms with E-state index in [1.54, 1.807) is 0 Å². The Kier molecular flexibility index (Phi) is 4.01. The van der Waals surface area contributed by atoms with Gasteiger partial charge in [-0.3, -0.25) is 5.32 Å².